The number of nitrogens with zero attached hydrogens (tertiary/aromatic N) is 5. The molecule has 226 valence electrons. The summed E-state index contributed by atoms with van der Waals surface area (Å²) < 4.78 is 0. The molecule has 8 rings (SSSR count). The Bertz CT molecular complexity index is 2160. The van der Waals surface area contributed by atoms with Gasteiger partial charge >= 0.3 is 0 Å². The lowest BCUT2D eigenvalue weighted by atomic mass is 9.96. The highest BCUT2D eigenvalue weighted by Crippen LogP contribution is 2.36. The summed E-state index contributed by atoms with van der Waals surface area (Å²) in [6.45, 7) is 0. The Morgan fingerprint density at radius 1 is 0.250 bits per heavy atom. The first-order valence-corrected chi connectivity index (χ1v) is 15.8. The van der Waals surface area contributed by atoms with Gasteiger partial charge in [-0.05, 0) is 46.5 Å². The molecule has 0 saturated carbocycles. The van der Waals surface area contributed by atoms with Crippen molar-refractivity contribution in [3.8, 4) is 78.9 Å². The topological polar surface area (TPSA) is 64.5 Å². The summed E-state index contributed by atoms with van der Waals surface area (Å²) in [6, 6.07) is 55.5. The Balaban J connectivity index is 1.24. The van der Waals surface area contributed by atoms with Gasteiger partial charge in [0.25, 0.3) is 0 Å². The zero-order valence-electron chi connectivity index (χ0n) is 26.0. The highest BCUT2D eigenvalue weighted by Gasteiger charge is 2.18. The fourth-order valence-electron chi connectivity index (χ4n) is 5.90. The van der Waals surface area contributed by atoms with Gasteiger partial charge in [0, 0.05) is 40.2 Å². The number of hydrogen-bond donors (Lipinski definition) is 0. The summed E-state index contributed by atoms with van der Waals surface area (Å²) in [5.41, 5.74) is 11.0. The van der Waals surface area contributed by atoms with Gasteiger partial charge < -0.3 is 0 Å². The molecule has 5 aromatic carbocycles. The predicted octanol–water partition coefficient (Wildman–Crippen LogP) is 10.3. The summed E-state index contributed by atoms with van der Waals surface area (Å²) in [6.07, 6.45) is 3.63. The van der Waals surface area contributed by atoms with Crippen molar-refractivity contribution in [1.82, 2.24) is 24.9 Å². The third kappa shape index (κ3) is 5.88. The molecule has 0 spiro atoms. The summed E-state index contributed by atoms with van der Waals surface area (Å²) in [5.74, 6) is 1.85. The van der Waals surface area contributed by atoms with Crippen LogP contribution in [0.25, 0.3) is 78.9 Å². The molecule has 3 heterocycles. The fraction of sp³-hybridized carbons (Fsp3) is 0. The monoisotopic (exact) mass is 615 g/mol. The highest BCUT2D eigenvalue weighted by molar-refractivity contribution is 5.85. The molecule has 0 saturated heterocycles. The van der Waals surface area contributed by atoms with Gasteiger partial charge in [-0.25, -0.2) is 15.0 Å². The average molecular weight is 616 g/mol. The largest absolute Gasteiger partial charge is 0.256 e. The molecule has 0 bridgehead atoms. The molecule has 0 radical (unpaired) electrons. The Kier molecular flexibility index (Phi) is 7.83. The van der Waals surface area contributed by atoms with E-state index in [9.17, 15) is 0 Å². The molecule has 0 fully saturated rings. The molecular weight excluding hydrogens is 587 g/mol. The van der Waals surface area contributed by atoms with Crippen LogP contribution in [0.4, 0.5) is 0 Å². The normalized spacial score (nSPS) is 10.9. The predicted molar refractivity (Wildman–Crippen MR) is 193 cm³/mol. The van der Waals surface area contributed by atoms with E-state index in [1.807, 2.05) is 91.3 Å². The lowest BCUT2D eigenvalue weighted by Gasteiger charge is -2.14. The molecule has 3 aromatic heterocycles. The van der Waals surface area contributed by atoms with Crippen LogP contribution in [0.15, 0.2) is 176 Å². The van der Waals surface area contributed by atoms with Crippen LogP contribution in [-0.4, -0.2) is 24.9 Å². The first kappa shape index (κ1) is 28.9. The number of hydrogen-bond acceptors (Lipinski definition) is 5. The molecule has 5 nitrogen and oxygen atoms in total. The number of rotatable bonds is 7. The lowest BCUT2D eigenvalue weighted by molar-refractivity contribution is 1.07. The van der Waals surface area contributed by atoms with Crippen LogP contribution in [0.1, 0.15) is 0 Å². The Morgan fingerprint density at radius 3 is 1.06 bits per heavy atom. The van der Waals surface area contributed by atoms with Crippen molar-refractivity contribution in [2.45, 2.75) is 0 Å². The van der Waals surface area contributed by atoms with Gasteiger partial charge in [0.1, 0.15) is 0 Å². The van der Waals surface area contributed by atoms with Crippen LogP contribution < -0.4 is 0 Å². The standard InChI is InChI=1S/C43H29N5/c1-2-12-34(13-3-1)41-46-42(37-16-6-4-14-35(37)30-20-24-32(25-21-30)39-18-8-10-28-44-39)48-43(47-41)38-17-7-5-15-36(38)31-22-26-33(27-23-31)40-19-9-11-29-45-40/h1-29H. The Morgan fingerprint density at radius 2 is 0.625 bits per heavy atom. The van der Waals surface area contributed by atoms with Crippen LogP contribution >= 0.6 is 0 Å². The van der Waals surface area contributed by atoms with Crippen molar-refractivity contribution in [2.75, 3.05) is 0 Å². The molecule has 8 aromatic rings. The van der Waals surface area contributed by atoms with Crippen molar-refractivity contribution in [3.05, 3.63) is 176 Å². The maximum Gasteiger partial charge on any atom is 0.164 e. The zero-order chi connectivity index (χ0) is 32.1. The second kappa shape index (κ2) is 13.0. The lowest BCUT2D eigenvalue weighted by Crippen LogP contribution is -2.02. The van der Waals surface area contributed by atoms with Crippen molar-refractivity contribution >= 4 is 0 Å². The quantitative estimate of drug-likeness (QED) is 0.178. The van der Waals surface area contributed by atoms with Crippen molar-refractivity contribution in [1.29, 1.82) is 0 Å². The van der Waals surface area contributed by atoms with E-state index in [1.165, 1.54) is 0 Å². The van der Waals surface area contributed by atoms with Gasteiger partial charge in [0.05, 0.1) is 11.4 Å². The minimum absolute atomic E-state index is 0.614. The smallest absolute Gasteiger partial charge is 0.164 e. The van der Waals surface area contributed by atoms with Gasteiger partial charge in [-0.2, -0.15) is 0 Å². The Labute approximate surface area is 279 Å². The van der Waals surface area contributed by atoms with E-state index in [2.05, 4.69) is 94.9 Å². The maximum atomic E-state index is 5.16. The van der Waals surface area contributed by atoms with Crippen LogP contribution in [0.2, 0.25) is 0 Å². The molecule has 0 atom stereocenters. The van der Waals surface area contributed by atoms with Crippen LogP contribution in [0.3, 0.4) is 0 Å². The van der Waals surface area contributed by atoms with Crippen LogP contribution in [0, 0.1) is 0 Å². The minimum Gasteiger partial charge on any atom is -0.256 e. The highest BCUT2D eigenvalue weighted by atomic mass is 15.0. The first-order valence-electron chi connectivity index (χ1n) is 15.8. The number of benzene rings is 5. The molecule has 0 unspecified atom stereocenters. The van der Waals surface area contributed by atoms with Crippen molar-refractivity contribution < 1.29 is 0 Å². The first-order chi connectivity index (χ1) is 23.8. The van der Waals surface area contributed by atoms with Gasteiger partial charge in [0.15, 0.2) is 17.5 Å². The fourth-order valence-corrected chi connectivity index (χ4v) is 5.90. The molecule has 48 heavy (non-hydrogen) atoms. The van der Waals surface area contributed by atoms with Gasteiger partial charge in [-0.3, -0.25) is 9.97 Å². The van der Waals surface area contributed by atoms with Crippen LogP contribution in [-0.2, 0) is 0 Å². The molecule has 0 aliphatic rings. The molecule has 0 aliphatic heterocycles. The van der Waals surface area contributed by atoms with E-state index in [0.717, 1.165) is 61.5 Å². The maximum absolute atomic E-state index is 5.16. The second-order valence-corrected chi connectivity index (χ2v) is 11.3. The summed E-state index contributed by atoms with van der Waals surface area (Å²) in [5, 5.41) is 0. The Hall–Kier alpha value is -6.59. The number of pyridine rings is 2. The summed E-state index contributed by atoms with van der Waals surface area (Å²) >= 11 is 0. The van der Waals surface area contributed by atoms with E-state index < -0.39 is 0 Å². The number of aromatic nitrogens is 5. The van der Waals surface area contributed by atoms with E-state index in [4.69, 9.17) is 15.0 Å². The minimum atomic E-state index is 0.614. The molecule has 0 N–H and O–H groups in total. The van der Waals surface area contributed by atoms with Crippen molar-refractivity contribution in [2.24, 2.45) is 0 Å². The van der Waals surface area contributed by atoms with E-state index in [-0.39, 0.29) is 0 Å². The van der Waals surface area contributed by atoms with Gasteiger partial charge in [0.2, 0.25) is 0 Å². The van der Waals surface area contributed by atoms with Crippen LogP contribution in [0.5, 0.6) is 0 Å². The average Bonchev–Trinajstić information content (AvgIpc) is 3.19. The van der Waals surface area contributed by atoms with E-state index in [0.29, 0.717) is 17.5 Å². The molecular formula is C43H29N5. The SMILES string of the molecule is c1ccc(-c2nc(-c3ccccc3-c3ccc(-c4ccccn4)cc3)nc(-c3ccccc3-c3ccc(-c4ccccn4)cc3)n2)cc1. The molecule has 0 amide bonds. The van der Waals surface area contributed by atoms with Gasteiger partial charge in [-0.15, -0.1) is 0 Å². The molecule has 0 aliphatic carbocycles. The third-order valence-electron chi connectivity index (χ3n) is 8.32. The zero-order valence-corrected chi connectivity index (χ0v) is 26.0. The summed E-state index contributed by atoms with van der Waals surface area (Å²) in [7, 11) is 0. The van der Waals surface area contributed by atoms with E-state index >= 15 is 0 Å². The molecule has 5 heteroatoms. The second-order valence-electron chi connectivity index (χ2n) is 11.3. The summed E-state index contributed by atoms with van der Waals surface area (Å²) in [4.78, 5) is 24.3. The van der Waals surface area contributed by atoms with Gasteiger partial charge in [-0.1, -0.05) is 140 Å². The van der Waals surface area contributed by atoms with Crippen molar-refractivity contribution in [3.63, 3.8) is 0 Å². The van der Waals surface area contributed by atoms with E-state index in [1.54, 1.807) is 0 Å². The third-order valence-corrected chi connectivity index (χ3v) is 8.32.